The first-order chi connectivity index (χ1) is 8.99. The molecule has 0 atom stereocenters. The molecule has 0 bridgehead atoms. The SMILES string of the molecule is Cc1cc(C(C)(C)C)cc(C)c1CN(C)C(C)(C)CO. The van der Waals surface area contributed by atoms with Gasteiger partial charge in [-0.3, -0.25) is 4.90 Å². The lowest BCUT2D eigenvalue weighted by Gasteiger charge is -2.35. The summed E-state index contributed by atoms with van der Waals surface area (Å²) in [5, 5.41) is 9.49. The summed E-state index contributed by atoms with van der Waals surface area (Å²) in [7, 11) is 2.08. The third kappa shape index (κ3) is 3.83. The van der Waals surface area contributed by atoms with E-state index in [0.29, 0.717) is 0 Å². The van der Waals surface area contributed by atoms with Crippen molar-refractivity contribution in [1.29, 1.82) is 0 Å². The van der Waals surface area contributed by atoms with Crippen LogP contribution in [0.15, 0.2) is 12.1 Å². The average Bonchev–Trinajstić information content (AvgIpc) is 2.31. The standard InChI is InChI=1S/C18H31NO/c1-13-9-15(17(3,4)5)10-14(2)16(13)11-19(8)18(6,7)12-20/h9-10,20H,11-12H2,1-8H3. The van der Waals surface area contributed by atoms with Crippen molar-refractivity contribution >= 4 is 0 Å². The number of likely N-dealkylation sites (N-methyl/N-ethyl adjacent to an activating group) is 1. The lowest BCUT2D eigenvalue weighted by atomic mass is 9.83. The number of benzene rings is 1. The maximum atomic E-state index is 9.49. The van der Waals surface area contributed by atoms with Crippen molar-refractivity contribution in [1.82, 2.24) is 4.90 Å². The normalized spacial score (nSPS) is 13.1. The van der Waals surface area contributed by atoms with Crippen LogP contribution in [0.3, 0.4) is 0 Å². The minimum Gasteiger partial charge on any atom is -0.394 e. The average molecular weight is 277 g/mol. The van der Waals surface area contributed by atoms with Gasteiger partial charge in [-0.2, -0.15) is 0 Å². The summed E-state index contributed by atoms with van der Waals surface area (Å²) in [6.07, 6.45) is 0. The van der Waals surface area contributed by atoms with Crippen molar-refractivity contribution in [3.63, 3.8) is 0 Å². The van der Waals surface area contributed by atoms with E-state index in [2.05, 4.69) is 72.5 Å². The van der Waals surface area contributed by atoms with Crippen LogP contribution in [-0.4, -0.2) is 29.2 Å². The number of aryl methyl sites for hydroxylation is 2. The molecule has 2 nitrogen and oxygen atoms in total. The number of aliphatic hydroxyl groups is 1. The van der Waals surface area contributed by atoms with Crippen molar-refractivity contribution < 1.29 is 5.11 Å². The molecule has 0 aromatic heterocycles. The van der Waals surface area contributed by atoms with E-state index >= 15 is 0 Å². The highest BCUT2D eigenvalue weighted by Crippen LogP contribution is 2.28. The molecule has 114 valence electrons. The Kier molecular flexibility index (Phi) is 5.04. The third-order valence-electron chi connectivity index (χ3n) is 4.38. The van der Waals surface area contributed by atoms with Crippen LogP contribution in [0.4, 0.5) is 0 Å². The van der Waals surface area contributed by atoms with E-state index in [9.17, 15) is 5.11 Å². The first-order valence-electron chi connectivity index (χ1n) is 7.42. The van der Waals surface area contributed by atoms with Crippen molar-refractivity contribution in [2.75, 3.05) is 13.7 Å². The van der Waals surface area contributed by atoms with Gasteiger partial charge < -0.3 is 5.11 Å². The van der Waals surface area contributed by atoms with Crippen LogP contribution >= 0.6 is 0 Å². The number of hydrogen-bond acceptors (Lipinski definition) is 2. The number of aliphatic hydroxyl groups excluding tert-OH is 1. The molecule has 0 spiro atoms. The second-order valence-electron chi connectivity index (χ2n) is 7.67. The van der Waals surface area contributed by atoms with E-state index in [0.717, 1.165) is 6.54 Å². The van der Waals surface area contributed by atoms with Gasteiger partial charge >= 0.3 is 0 Å². The molecule has 0 saturated heterocycles. The van der Waals surface area contributed by atoms with Gasteiger partial charge in [-0.25, -0.2) is 0 Å². The molecule has 0 fully saturated rings. The van der Waals surface area contributed by atoms with Crippen LogP contribution in [0, 0.1) is 13.8 Å². The highest BCUT2D eigenvalue weighted by Gasteiger charge is 2.24. The van der Waals surface area contributed by atoms with Crippen LogP contribution in [0.2, 0.25) is 0 Å². The maximum absolute atomic E-state index is 9.49. The van der Waals surface area contributed by atoms with Crippen LogP contribution < -0.4 is 0 Å². The van der Waals surface area contributed by atoms with Crippen LogP contribution in [-0.2, 0) is 12.0 Å². The molecule has 0 heterocycles. The molecule has 0 saturated carbocycles. The van der Waals surface area contributed by atoms with E-state index < -0.39 is 0 Å². The summed E-state index contributed by atoms with van der Waals surface area (Å²) in [6, 6.07) is 4.62. The van der Waals surface area contributed by atoms with Gasteiger partial charge in [0, 0.05) is 12.1 Å². The Morgan fingerprint density at radius 2 is 1.45 bits per heavy atom. The summed E-state index contributed by atoms with van der Waals surface area (Å²) in [6.45, 7) is 16.3. The van der Waals surface area contributed by atoms with E-state index in [4.69, 9.17) is 0 Å². The van der Waals surface area contributed by atoms with E-state index in [-0.39, 0.29) is 17.6 Å². The Morgan fingerprint density at radius 3 is 1.80 bits per heavy atom. The van der Waals surface area contributed by atoms with Gasteiger partial charge in [0.05, 0.1) is 6.61 Å². The fraction of sp³-hybridized carbons (Fsp3) is 0.667. The first-order valence-corrected chi connectivity index (χ1v) is 7.42. The Balaban J connectivity index is 3.10. The third-order valence-corrected chi connectivity index (χ3v) is 4.38. The van der Waals surface area contributed by atoms with Gasteiger partial charge in [-0.1, -0.05) is 32.9 Å². The molecular weight excluding hydrogens is 246 g/mol. The summed E-state index contributed by atoms with van der Waals surface area (Å²) in [5.41, 5.74) is 5.44. The minimum absolute atomic E-state index is 0.168. The molecule has 0 aliphatic carbocycles. The van der Waals surface area contributed by atoms with Gasteiger partial charge in [0.2, 0.25) is 0 Å². The minimum atomic E-state index is -0.193. The zero-order valence-electron chi connectivity index (χ0n) is 14.5. The molecule has 20 heavy (non-hydrogen) atoms. The fourth-order valence-corrected chi connectivity index (χ4v) is 2.25. The second kappa shape index (κ2) is 5.87. The van der Waals surface area contributed by atoms with Gasteiger partial charge in [-0.15, -0.1) is 0 Å². The van der Waals surface area contributed by atoms with Crippen molar-refractivity contribution in [3.05, 3.63) is 34.4 Å². The summed E-state index contributed by atoms with van der Waals surface area (Å²) in [5.74, 6) is 0. The smallest absolute Gasteiger partial charge is 0.0610 e. The Hall–Kier alpha value is -0.860. The number of hydrogen-bond donors (Lipinski definition) is 1. The van der Waals surface area contributed by atoms with Crippen molar-refractivity contribution in [3.8, 4) is 0 Å². The molecule has 1 aromatic carbocycles. The Labute approximate surface area is 124 Å². The fourth-order valence-electron chi connectivity index (χ4n) is 2.25. The van der Waals surface area contributed by atoms with Crippen LogP contribution in [0.25, 0.3) is 0 Å². The summed E-state index contributed by atoms with van der Waals surface area (Å²) >= 11 is 0. The lowest BCUT2D eigenvalue weighted by molar-refractivity contribution is 0.0731. The van der Waals surface area contributed by atoms with Crippen molar-refractivity contribution in [2.45, 2.75) is 66.0 Å². The van der Waals surface area contributed by atoms with Gasteiger partial charge in [0.1, 0.15) is 0 Å². The van der Waals surface area contributed by atoms with Gasteiger partial charge in [-0.05, 0) is 62.4 Å². The predicted octanol–water partition coefficient (Wildman–Crippen LogP) is 3.80. The zero-order valence-corrected chi connectivity index (χ0v) is 14.5. The largest absolute Gasteiger partial charge is 0.394 e. The summed E-state index contributed by atoms with van der Waals surface area (Å²) in [4.78, 5) is 2.22. The predicted molar refractivity (Wildman–Crippen MR) is 87.2 cm³/mol. The topological polar surface area (TPSA) is 23.5 Å². The quantitative estimate of drug-likeness (QED) is 0.905. The molecule has 1 aromatic rings. The Bertz CT molecular complexity index is 446. The number of nitrogens with zero attached hydrogens (tertiary/aromatic N) is 1. The highest BCUT2D eigenvalue weighted by molar-refractivity contribution is 5.40. The molecular formula is C18H31NO. The molecule has 0 unspecified atom stereocenters. The van der Waals surface area contributed by atoms with Gasteiger partial charge in [0.15, 0.2) is 0 Å². The van der Waals surface area contributed by atoms with Crippen molar-refractivity contribution in [2.24, 2.45) is 0 Å². The lowest BCUT2D eigenvalue weighted by Crippen LogP contribution is -2.43. The van der Waals surface area contributed by atoms with E-state index in [1.54, 1.807) is 0 Å². The molecule has 1 rings (SSSR count). The molecule has 2 heteroatoms. The molecule has 0 amide bonds. The molecule has 0 aliphatic heterocycles. The monoisotopic (exact) mass is 277 g/mol. The van der Waals surface area contributed by atoms with Crippen LogP contribution in [0.1, 0.15) is 56.9 Å². The zero-order chi connectivity index (χ0) is 15.7. The second-order valence-corrected chi connectivity index (χ2v) is 7.67. The molecule has 1 N–H and O–H groups in total. The van der Waals surface area contributed by atoms with E-state index in [1.807, 2.05) is 0 Å². The molecule has 0 radical (unpaired) electrons. The molecule has 0 aliphatic rings. The van der Waals surface area contributed by atoms with E-state index in [1.165, 1.54) is 22.3 Å². The Morgan fingerprint density at radius 1 is 1.00 bits per heavy atom. The summed E-state index contributed by atoms with van der Waals surface area (Å²) < 4.78 is 0. The first kappa shape index (κ1) is 17.2. The maximum Gasteiger partial charge on any atom is 0.0610 e. The highest BCUT2D eigenvalue weighted by atomic mass is 16.3. The number of rotatable bonds is 4. The van der Waals surface area contributed by atoms with Gasteiger partial charge in [0.25, 0.3) is 0 Å². The van der Waals surface area contributed by atoms with Crippen LogP contribution in [0.5, 0.6) is 0 Å².